The molecule has 0 aliphatic heterocycles. The van der Waals surface area contributed by atoms with Crippen molar-refractivity contribution in [1.82, 2.24) is 19.6 Å². The van der Waals surface area contributed by atoms with E-state index < -0.39 is 0 Å². The summed E-state index contributed by atoms with van der Waals surface area (Å²) >= 11 is 0. The van der Waals surface area contributed by atoms with Gasteiger partial charge in [-0.1, -0.05) is 78.9 Å². The molecule has 0 atom stereocenters. The molecule has 0 saturated heterocycles. The molecule has 252 valence electrons. The SMILES string of the molecule is Cc1ccc(CC(=O)N(C)CCCN(C)C(=O)CCc2ccccc2)cc1CC(=O)N(C)CCCN(C)C(=O)CCc1ccccc1. The highest BCUT2D eigenvalue weighted by atomic mass is 16.2. The van der Waals surface area contributed by atoms with Gasteiger partial charge in [0.2, 0.25) is 23.6 Å². The minimum absolute atomic E-state index is 0.00346. The second kappa shape index (κ2) is 19.3. The number of aryl methyl sites for hydroxylation is 3. The largest absolute Gasteiger partial charge is 0.346 e. The lowest BCUT2D eigenvalue weighted by molar-refractivity contribution is -0.131. The van der Waals surface area contributed by atoms with Crippen LogP contribution in [0.3, 0.4) is 0 Å². The van der Waals surface area contributed by atoms with Gasteiger partial charge in [0, 0.05) is 67.2 Å². The third-order valence-corrected chi connectivity index (χ3v) is 8.73. The molecule has 0 unspecified atom stereocenters. The molecule has 3 aromatic carbocycles. The number of hydrogen-bond acceptors (Lipinski definition) is 4. The zero-order valence-electron chi connectivity index (χ0n) is 28.9. The Kier molecular flexibility index (Phi) is 15.2. The lowest BCUT2D eigenvalue weighted by Gasteiger charge is -2.22. The van der Waals surface area contributed by atoms with Gasteiger partial charge in [-0.05, 0) is 60.4 Å². The highest BCUT2D eigenvalue weighted by molar-refractivity contribution is 5.80. The first-order chi connectivity index (χ1) is 22.5. The number of nitrogens with zero attached hydrogens (tertiary/aromatic N) is 4. The Balaban J connectivity index is 1.37. The third kappa shape index (κ3) is 13.1. The quantitative estimate of drug-likeness (QED) is 0.197. The average Bonchev–Trinajstić information content (AvgIpc) is 3.08. The van der Waals surface area contributed by atoms with E-state index in [0.717, 1.165) is 40.7 Å². The molecule has 0 radical (unpaired) electrons. The van der Waals surface area contributed by atoms with E-state index in [-0.39, 0.29) is 36.5 Å². The van der Waals surface area contributed by atoms with Crippen LogP contribution >= 0.6 is 0 Å². The fourth-order valence-electron chi connectivity index (χ4n) is 5.40. The standard InChI is InChI=1S/C39H52N4O4/c1-31-18-19-34(29-38(46)42(4)26-12-24-40(2)36(44)22-20-32-14-8-6-9-15-32)28-35(31)30-39(47)43(5)27-13-25-41(3)37(45)23-21-33-16-10-7-11-17-33/h6-11,14-19,28H,12-13,20-27,29-30H2,1-5H3. The minimum atomic E-state index is 0.00346. The fraction of sp³-hybridized carbons (Fsp3) is 0.436. The van der Waals surface area contributed by atoms with Crippen LogP contribution in [0.1, 0.15) is 53.5 Å². The smallest absolute Gasteiger partial charge is 0.226 e. The molecule has 0 N–H and O–H groups in total. The van der Waals surface area contributed by atoms with Crippen molar-refractivity contribution in [3.05, 3.63) is 107 Å². The topological polar surface area (TPSA) is 81.2 Å². The Morgan fingerprint density at radius 2 is 0.894 bits per heavy atom. The number of amides is 4. The molecular weight excluding hydrogens is 588 g/mol. The average molecular weight is 641 g/mol. The molecule has 3 rings (SSSR count). The van der Waals surface area contributed by atoms with Gasteiger partial charge in [-0.15, -0.1) is 0 Å². The molecule has 47 heavy (non-hydrogen) atoms. The van der Waals surface area contributed by atoms with Gasteiger partial charge in [-0.2, -0.15) is 0 Å². The van der Waals surface area contributed by atoms with Crippen molar-refractivity contribution in [2.24, 2.45) is 0 Å². The molecule has 0 bridgehead atoms. The minimum Gasteiger partial charge on any atom is -0.346 e. The lowest BCUT2D eigenvalue weighted by atomic mass is 10.00. The van der Waals surface area contributed by atoms with Gasteiger partial charge in [-0.3, -0.25) is 19.2 Å². The third-order valence-electron chi connectivity index (χ3n) is 8.73. The molecule has 8 heteroatoms. The van der Waals surface area contributed by atoms with E-state index in [1.165, 1.54) is 0 Å². The van der Waals surface area contributed by atoms with Crippen LogP contribution in [-0.2, 0) is 44.9 Å². The summed E-state index contributed by atoms with van der Waals surface area (Å²) in [4.78, 5) is 58.0. The number of hydrogen-bond donors (Lipinski definition) is 0. The van der Waals surface area contributed by atoms with Gasteiger partial charge in [-0.25, -0.2) is 0 Å². The Labute approximate surface area is 281 Å². The summed E-state index contributed by atoms with van der Waals surface area (Å²) in [7, 11) is 7.22. The van der Waals surface area contributed by atoms with Crippen molar-refractivity contribution in [1.29, 1.82) is 0 Å². The van der Waals surface area contributed by atoms with Gasteiger partial charge in [0.1, 0.15) is 0 Å². The molecular formula is C39H52N4O4. The normalized spacial score (nSPS) is 10.7. The van der Waals surface area contributed by atoms with Gasteiger partial charge < -0.3 is 19.6 Å². The number of likely N-dealkylation sites (N-methyl/N-ethyl adjacent to an activating group) is 2. The van der Waals surface area contributed by atoms with Crippen LogP contribution in [0.5, 0.6) is 0 Å². The Morgan fingerprint density at radius 3 is 1.34 bits per heavy atom. The van der Waals surface area contributed by atoms with Crippen LogP contribution in [0.4, 0.5) is 0 Å². The summed E-state index contributed by atoms with van der Waals surface area (Å²) in [5.41, 5.74) is 5.11. The van der Waals surface area contributed by atoms with E-state index in [9.17, 15) is 19.2 Å². The van der Waals surface area contributed by atoms with Gasteiger partial charge in [0.15, 0.2) is 0 Å². The number of benzene rings is 3. The van der Waals surface area contributed by atoms with Crippen LogP contribution in [0.25, 0.3) is 0 Å². The summed E-state index contributed by atoms with van der Waals surface area (Å²) in [5, 5.41) is 0. The first-order valence-corrected chi connectivity index (χ1v) is 16.7. The number of carbonyl (C=O) groups excluding carboxylic acids is 4. The van der Waals surface area contributed by atoms with Gasteiger partial charge >= 0.3 is 0 Å². The second-order valence-corrected chi connectivity index (χ2v) is 12.6. The molecule has 0 aliphatic carbocycles. The first kappa shape index (κ1) is 37.0. The summed E-state index contributed by atoms with van der Waals surface area (Å²) in [5.74, 6) is 0.220. The maximum absolute atomic E-state index is 13.1. The zero-order chi connectivity index (χ0) is 34.2. The summed E-state index contributed by atoms with van der Waals surface area (Å²) in [6.07, 6.45) is 4.30. The monoisotopic (exact) mass is 640 g/mol. The van der Waals surface area contributed by atoms with Gasteiger partial charge in [0.25, 0.3) is 0 Å². The van der Waals surface area contributed by atoms with Crippen molar-refractivity contribution in [3.63, 3.8) is 0 Å². The van der Waals surface area contributed by atoms with Crippen molar-refractivity contribution >= 4 is 23.6 Å². The zero-order valence-corrected chi connectivity index (χ0v) is 28.9. The Bertz CT molecular complexity index is 1440. The van der Waals surface area contributed by atoms with E-state index in [0.29, 0.717) is 51.9 Å². The number of carbonyl (C=O) groups is 4. The fourth-order valence-corrected chi connectivity index (χ4v) is 5.40. The van der Waals surface area contributed by atoms with Crippen LogP contribution in [-0.4, -0.2) is 97.6 Å². The van der Waals surface area contributed by atoms with Crippen LogP contribution in [0.15, 0.2) is 78.9 Å². The Morgan fingerprint density at radius 1 is 0.489 bits per heavy atom. The van der Waals surface area contributed by atoms with Gasteiger partial charge in [0.05, 0.1) is 12.8 Å². The molecule has 0 aromatic heterocycles. The van der Waals surface area contributed by atoms with E-state index in [2.05, 4.69) is 0 Å². The maximum atomic E-state index is 13.1. The number of rotatable bonds is 18. The highest BCUT2D eigenvalue weighted by Crippen LogP contribution is 2.15. The predicted molar refractivity (Wildman–Crippen MR) is 188 cm³/mol. The van der Waals surface area contributed by atoms with E-state index in [1.807, 2.05) is 99.9 Å². The predicted octanol–water partition coefficient (Wildman–Crippen LogP) is 4.96. The van der Waals surface area contributed by atoms with Crippen molar-refractivity contribution in [2.75, 3.05) is 54.4 Å². The second-order valence-electron chi connectivity index (χ2n) is 12.6. The summed E-state index contributed by atoms with van der Waals surface area (Å²) < 4.78 is 0. The molecule has 0 aliphatic rings. The first-order valence-electron chi connectivity index (χ1n) is 16.7. The molecule has 0 heterocycles. The molecule has 8 nitrogen and oxygen atoms in total. The highest BCUT2D eigenvalue weighted by Gasteiger charge is 2.16. The molecule has 3 aromatic rings. The summed E-state index contributed by atoms with van der Waals surface area (Å²) in [6.45, 7) is 4.29. The van der Waals surface area contributed by atoms with Crippen molar-refractivity contribution in [3.8, 4) is 0 Å². The Hall–Kier alpha value is -4.46. The van der Waals surface area contributed by atoms with Crippen molar-refractivity contribution in [2.45, 2.75) is 58.3 Å². The van der Waals surface area contributed by atoms with Crippen LogP contribution in [0.2, 0.25) is 0 Å². The van der Waals surface area contributed by atoms with E-state index in [4.69, 9.17) is 0 Å². The van der Waals surface area contributed by atoms with Crippen molar-refractivity contribution < 1.29 is 19.2 Å². The molecule has 0 fully saturated rings. The molecule has 4 amide bonds. The molecule has 0 spiro atoms. The maximum Gasteiger partial charge on any atom is 0.226 e. The van der Waals surface area contributed by atoms with E-state index >= 15 is 0 Å². The van der Waals surface area contributed by atoms with Crippen LogP contribution in [0, 0.1) is 6.92 Å². The lowest BCUT2D eigenvalue weighted by Crippen LogP contribution is -2.34. The molecule has 0 saturated carbocycles. The van der Waals surface area contributed by atoms with Crippen LogP contribution < -0.4 is 0 Å². The van der Waals surface area contributed by atoms with E-state index in [1.54, 1.807) is 33.7 Å². The summed E-state index contributed by atoms with van der Waals surface area (Å²) in [6, 6.07) is 25.9.